The van der Waals surface area contributed by atoms with Crippen molar-refractivity contribution in [3.63, 3.8) is 0 Å². The van der Waals surface area contributed by atoms with Crippen LogP contribution in [0.4, 0.5) is 0 Å². The number of rotatable bonds is 4. The Labute approximate surface area is 259 Å². The van der Waals surface area contributed by atoms with Gasteiger partial charge in [-0.1, -0.05) is 115 Å². The number of fused-ring (bicyclic) bond motifs is 6. The number of aromatic nitrogens is 2. The minimum atomic E-state index is 0.0543. The van der Waals surface area contributed by atoms with Crippen LogP contribution in [0.5, 0.6) is 0 Å². The summed E-state index contributed by atoms with van der Waals surface area (Å²) in [6, 6.07) is 51.9. The molecule has 2 nitrogen and oxygen atoms in total. The van der Waals surface area contributed by atoms with Gasteiger partial charge in [-0.15, -0.1) is 0 Å². The molecule has 0 atom stereocenters. The quantitative estimate of drug-likeness (QED) is 0.202. The molecule has 9 aromatic rings. The lowest BCUT2D eigenvalue weighted by molar-refractivity contribution is 1.18. The van der Waals surface area contributed by atoms with E-state index in [0.717, 1.165) is 60.8 Å². The average molecular weight is 564 g/mol. The molecule has 0 bridgehead atoms. The van der Waals surface area contributed by atoms with Crippen molar-refractivity contribution in [2.45, 2.75) is 0 Å². The van der Waals surface area contributed by atoms with Crippen LogP contribution in [0, 0.1) is 0 Å². The number of hydrogen-bond acceptors (Lipinski definition) is 0. The molecule has 0 aliphatic heterocycles. The number of hydrogen-bond donors (Lipinski definition) is 0. The summed E-state index contributed by atoms with van der Waals surface area (Å²) >= 11 is 0. The average Bonchev–Trinajstić information content (AvgIpc) is 3.65. The van der Waals surface area contributed by atoms with E-state index in [1.165, 1.54) is 0 Å². The molecule has 206 valence electrons. The summed E-state index contributed by atoms with van der Waals surface area (Å²) in [6.07, 6.45) is 0. The molecule has 0 unspecified atom stereocenters. The highest BCUT2D eigenvalue weighted by atomic mass is 15.0. The van der Waals surface area contributed by atoms with Crippen LogP contribution >= 0.6 is 0 Å². The normalized spacial score (nSPS) is 12.6. The molecule has 0 aliphatic rings. The fourth-order valence-corrected chi connectivity index (χ4v) is 6.67. The van der Waals surface area contributed by atoms with E-state index in [1.54, 1.807) is 0 Å². The van der Waals surface area contributed by atoms with Gasteiger partial charge in [0.1, 0.15) is 0 Å². The summed E-state index contributed by atoms with van der Waals surface area (Å²) in [5.74, 6) is 0. The minimum absolute atomic E-state index is 0.0543. The zero-order valence-corrected chi connectivity index (χ0v) is 23.8. The summed E-state index contributed by atoms with van der Waals surface area (Å²) in [5, 5.41) is 3.73. The van der Waals surface area contributed by atoms with Gasteiger partial charge in [0.05, 0.1) is 26.2 Å². The Morgan fingerprint density at radius 3 is 1.80 bits per heavy atom. The monoisotopic (exact) mass is 563 g/mol. The lowest BCUT2D eigenvalue weighted by Crippen LogP contribution is -1.95. The van der Waals surface area contributed by atoms with Gasteiger partial charge in [-0.2, -0.15) is 0 Å². The van der Waals surface area contributed by atoms with Gasteiger partial charge in [-0.3, -0.25) is 0 Å². The van der Waals surface area contributed by atoms with Crippen molar-refractivity contribution in [2.75, 3.05) is 0 Å². The van der Waals surface area contributed by atoms with Crippen molar-refractivity contribution in [2.24, 2.45) is 0 Å². The van der Waals surface area contributed by atoms with Crippen molar-refractivity contribution in [3.8, 4) is 33.6 Å². The van der Waals surface area contributed by atoms with E-state index >= 15 is 0 Å². The number of para-hydroxylation sites is 4. The van der Waals surface area contributed by atoms with Crippen molar-refractivity contribution in [3.05, 3.63) is 170 Å². The molecule has 9 rings (SSSR count). The van der Waals surface area contributed by atoms with Gasteiger partial charge >= 0.3 is 0 Å². The predicted molar refractivity (Wildman–Crippen MR) is 186 cm³/mol. The van der Waals surface area contributed by atoms with E-state index in [9.17, 15) is 4.11 Å². The molecule has 2 heteroatoms. The van der Waals surface area contributed by atoms with Crippen LogP contribution in [-0.4, -0.2) is 9.13 Å². The molecule has 0 aliphatic carbocycles. The van der Waals surface area contributed by atoms with E-state index in [2.05, 4.69) is 83.4 Å². The van der Waals surface area contributed by atoms with Gasteiger partial charge in [0.15, 0.2) is 0 Å². The summed E-state index contributed by atoms with van der Waals surface area (Å²) < 4.78 is 32.6. The van der Waals surface area contributed by atoms with Crippen LogP contribution < -0.4 is 0 Å². The van der Waals surface area contributed by atoms with E-state index < -0.39 is 0 Å². The molecule has 2 heterocycles. The Bertz CT molecular complexity index is 2640. The maximum absolute atomic E-state index is 9.61. The first-order valence-electron chi connectivity index (χ1n) is 16.4. The summed E-state index contributed by atoms with van der Waals surface area (Å²) in [6.45, 7) is 0. The van der Waals surface area contributed by atoms with Gasteiger partial charge in [-0.25, -0.2) is 0 Å². The molecule has 44 heavy (non-hydrogen) atoms. The SMILES string of the molecule is [2H]c1c(-c2ccc3c(c2)c2cccc(-c4ccccc4)c2n3-c2ccccc2)c([2H])c2c3ccccc3n(-c3ccccc3)c2c1[2H]. The number of nitrogens with zero attached hydrogens (tertiary/aromatic N) is 2. The summed E-state index contributed by atoms with van der Waals surface area (Å²) in [4.78, 5) is 0. The molecule has 0 spiro atoms. The Morgan fingerprint density at radius 2 is 1.02 bits per heavy atom. The Kier molecular flexibility index (Phi) is 4.88. The van der Waals surface area contributed by atoms with Gasteiger partial charge in [0, 0.05) is 38.5 Å². The van der Waals surface area contributed by atoms with E-state index in [1.807, 2.05) is 77.4 Å². The van der Waals surface area contributed by atoms with Gasteiger partial charge in [0.2, 0.25) is 0 Å². The largest absolute Gasteiger partial charge is 0.309 e. The van der Waals surface area contributed by atoms with Crippen molar-refractivity contribution < 1.29 is 4.11 Å². The smallest absolute Gasteiger partial charge is 0.0645 e. The summed E-state index contributed by atoms with van der Waals surface area (Å²) in [5.41, 5.74) is 9.14. The predicted octanol–water partition coefficient (Wildman–Crippen LogP) is 11.2. The topological polar surface area (TPSA) is 9.86 Å². The van der Waals surface area contributed by atoms with Gasteiger partial charge in [0.25, 0.3) is 0 Å². The Hall–Kier alpha value is -5.86. The standard InChI is InChI=1S/C42H28N2/c1-4-13-29(14-5-1)34-20-12-21-36-38-28-31(24-26-41(38)44(42(34)36)33-17-8-3-9-18-33)30-23-25-40-37(27-30)35-19-10-11-22-39(35)43(40)32-15-6-2-7-16-32/h1-28H/i23D,25D,27D. The third-order valence-electron chi connectivity index (χ3n) is 8.62. The fourth-order valence-electron chi connectivity index (χ4n) is 6.67. The maximum Gasteiger partial charge on any atom is 0.0645 e. The third-order valence-corrected chi connectivity index (χ3v) is 8.62. The first-order chi connectivity index (χ1) is 23.1. The second kappa shape index (κ2) is 9.86. The fraction of sp³-hybridized carbons (Fsp3) is 0. The number of benzene rings is 7. The molecule has 0 radical (unpaired) electrons. The first-order valence-corrected chi connectivity index (χ1v) is 14.9. The van der Waals surface area contributed by atoms with Crippen molar-refractivity contribution >= 4 is 43.6 Å². The Morgan fingerprint density at radius 1 is 0.386 bits per heavy atom. The first kappa shape index (κ1) is 21.8. The second-order valence-corrected chi connectivity index (χ2v) is 11.1. The maximum atomic E-state index is 9.61. The van der Waals surface area contributed by atoms with Crippen LogP contribution in [-0.2, 0) is 0 Å². The minimum Gasteiger partial charge on any atom is -0.309 e. The van der Waals surface area contributed by atoms with Gasteiger partial charge in [-0.05, 0) is 71.2 Å². The zero-order chi connectivity index (χ0) is 31.6. The molecule has 0 saturated carbocycles. The molecule has 0 saturated heterocycles. The molecular formula is C42H28N2. The van der Waals surface area contributed by atoms with Crippen LogP contribution in [0.1, 0.15) is 4.11 Å². The Balaban J connectivity index is 1.36. The lowest BCUT2D eigenvalue weighted by Gasteiger charge is -2.11. The molecule has 0 amide bonds. The molecule has 2 aromatic heterocycles. The van der Waals surface area contributed by atoms with Crippen LogP contribution in [0.25, 0.3) is 77.2 Å². The van der Waals surface area contributed by atoms with E-state index in [4.69, 9.17) is 0 Å². The van der Waals surface area contributed by atoms with Crippen LogP contribution in [0.3, 0.4) is 0 Å². The summed E-state index contributed by atoms with van der Waals surface area (Å²) in [7, 11) is 0. The van der Waals surface area contributed by atoms with Crippen LogP contribution in [0.15, 0.2) is 170 Å². The molecular weight excluding hydrogens is 532 g/mol. The lowest BCUT2D eigenvalue weighted by atomic mass is 9.99. The van der Waals surface area contributed by atoms with E-state index in [-0.39, 0.29) is 18.1 Å². The highest BCUT2D eigenvalue weighted by molar-refractivity contribution is 6.15. The molecule has 0 N–H and O–H groups in total. The zero-order valence-electron chi connectivity index (χ0n) is 26.8. The highest BCUT2D eigenvalue weighted by Crippen LogP contribution is 2.40. The van der Waals surface area contributed by atoms with Gasteiger partial charge < -0.3 is 9.13 Å². The second-order valence-electron chi connectivity index (χ2n) is 11.1. The third kappa shape index (κ3) is 3.75. The molecule has 7 aromatic carbocycles. The van der Waals surface area contributed by atoms with Crippen LogP contribution in [0.2, 0.25) is 0 Å². The molecule has 0 fully saturated rings. The van der Waals surface area contributed by atoms with Crippen molar-refractivity contribution in [1.29, 1.82) is 0 Å². The highest BCUT2D eigenvalue weighted by Gasteiger charge is 2.18. The van der Waals surface area contributed by atoms with E-state index in [0.29, 0.717) is 16.5 Å². The van der Waals surface area contributed by atoms with Crippen molar-refractivity contribution in [1.82, 2.24) is 9.13 Å².